The maximum absolute atomic E-state index is 12.1. The van der Waals surface area contributed by atoms with Crippen molar-refractivity contribution in [3.8, 4) is 0 Å². The molecule has 0 fully saturated rings. The van der Waals surface area contributed by atoms with Gasteiger partial charge in [-0.15, -0.1) is 0 Å². The Labute approximate surface area is 155 Å². The average Bonchev–Trinajstić information content (AvgIpc) is 2.56. The molecule has 0 aliphatic heterocycles. The van der Waals surface area contributed by atoms with E-state index in [1.807, 2.05) is 6.92 Å². The van der Waals surface area contributed by atoms with Crippen molar-refractivity contribution in [2.24, 2.45) is 0 Å². The van der Waals surface area contributed by atoms with Crippen molar-refractivity contribution in [1.82, 2.24) is 10.6 Å². The average molecular weight is 375 g/mol. The minimum Gasteiger partial charge on any atom is -0.338 e. The van der Waals surface area contributed by atoms with E-state index in [1.54, 1.807) is 24.3 Å². The van der Waals surface area contributed by atoms with Gasteiger partial charge < -0.3 is 10.6 Å². The van der Waals surface area contributed by atoms with E-state index in [4.69, 9.17) is 0 Å². The smallest absolute Gasteiger partial charge is 0.315 e. The molecule has 0 heterocycles. The van der Waals surface area contributed by atoms with Gasteiger partial charge in [-0.2, -0.15) is 0 Å². The van der Waals surface area contributed by atoms with Crippen LogP contribution in [-0.4, -0.2) is 27.2 Å². The Morgan fingerprint density at radius 2 is 1.73 bits per heavy atom. The summed E-state index contributed by atoms with van der Waals surface area (Å²) >= 11 is 0. The van der Waals surface area contributed by atoms with Crippen molar-refractivity contribution in [2.75, 3.05) is 12.8 Å². The Balaban J connectivity index is 1.85. The number of carbonyl (C=O) groups is 1. The van der Waals surface area contributed by atoms with Crippen LogP contribution >= 0.6 is 0 Å². The quantitative estimate of drug-likeness (QED) is 0.814. The first-order valence-electron chi connectivity index (χ1n) is 8.57. The van der Waals surface area contributed by atoms with Crippen molar-refractivity contribution >= 4 is 15.9 Å². The third kappa shape index (κ3) is 5.59. The zero-order valence-corrected chi connectivity index (χ0v) is 16.5. The van der Waals surface area contributed by atoms with Crippen LogP contribution in [0.1, 0.15) is 35.2 Å². The third-order valence-electron chi connectivity index (χ3n) is 4.33. The van der Waals surface area contributed by atoms with E-state index in [0.29, 0.717) is 6.54 Å². The van der Waals surface area contributed by atoms with E-state index in [1.165, 1.54) is 22.9 Å². The first-order valence-corrected chi connectivity index (χ1v) is 10.5. The van der Waals surface area contributed by atoms with Crippen LogP contribution in [0, 0.1) is 13.8 Å². The van der Waals surface area contributed by atoms with Crippen LogP contribution in [0.15, 0.2) is 47.4 Å². The zero-order valence-electron chi connectivity index (χ0n) is 15.7. The van der Waals surface area contributed by atoms with Crippen molar-refractivity contribution in [3.63, 3.8) is 0 Å². The van der Waals surface area contributed by atoms with E-state index in [0.717, 1.165) is 12.0 Å². The molecule has 1 atom stereocenters. The van der Waals surface area contributed by atoms with Crippen LogP contribution in [0.5, 0.6) is 0 Å². The molecule has 0 unspecified atom stereocenters. The minimum absolute atomic E-state index is 0.218. The highest BCUT2D eigenvalue weighted by atomic mass is 32.2. The predicted octanol–water partition coefficient (Wildman–Crippen LogP) is 3.31. The lowest BCUT2D eigenvalue weighted by Gasteiger charge is -2.16. The molecule has 0 saturated carbocycles. The Bertz CT molecular complexity index is 874. The number of amides is 2. The van der Waals surface area contributed by atoms with Gasteiger partial charge in [0, 0.05) is 12.8 Å². The largest absolute Gasteiger partial charge is 0.338 e. The highest BCUT2D eigenvalue weighted by Crippen LogP contribution is 2.16. The standard InChI is InChI=1S/C20H26N2O3S/c1-14-5-6-17(15(2)13-14)11-12-21-20(23)22-16(3)18-7-9-19(10-8-18)26(4,24)25/h5-10,13,16H,11-12H2,1-4H3,(H2,21,22,23)/t16-/m0/s1. The highest BCUT2D eigenvalue weighted by molar-refractivity contribution is 7.90. The van der Waals surface area contributed by atoms with Crippen LogP contribution in [-0.2, 0) is 16.3 Å². The molecule has 2 aromatic carbocycles. The second kappa shape index (κ2) is 8.36. The second-order valence-electron chi connectivity index (χ2n) is 6.64. The summed E-state index contributed by atoms with van der Waals surface area (Å²) in [6, 6.07) is 12.4. The lowest BCUT2D eigenvalue weighted by atomic mass is 10.0. The van der Waals surface area contributed by atoms with Gasteiger partial charge in [-0.05, 0) is 56.0 Å². The SMILES string of the molecule is Cc1ccc(CCNC(=O)N[C@@H](C)c2ccc(S(C)(=O)=O)cc2)c(C)c1. The van der Waals surface area contributed by atoms with Crippen molar-refractivity contribution in [3.05, 3.63) is 64.7 Å². The number of carbonyl (C=O) groups excluding carboxylic acids is 1. The van der Waals surface area contributed by atoms with Crippen molar-refractivity contribution in [1.29, 1.82) is 0 Å². The van der Waals surface area contributed by atoms with Gasteiger partial charge in [0.15, 0.2) is 9.84 Å². The van der Waals surface area contributed by atoms with Crippen LogP contribution in [0.4, 0.5) is 4.79 Å². The van der Waals surface area contributed by atoms with Crippen LogP contribution < -0.4 is 10.6 Å². The van der Waals surface area contributed by atoms with Gasteiger partial charge in [-0.1, -0.05) is 35.9 Å². The second-order valence-corrected chi connectivity index (χ2v) is 8.66. The number of rotatable bonds is 6. The molecule has 5 nitrogen and oxygen atoms in total. The molecule has 0 aromatic heterocycles. The highest BCUT2D eigenvalue weighted by Gasteiger charge is 2.11. The van der Waals surface area contributed by atoms with E-state index in [2.05, 4.69) is 42.7 Å². The predicted molar refractivity (Wildman–Crippen MR) is 104 cm³/mol. The van der Waals surface area contributed by atoms with Gasteiger partial charge in [-0.3, -0.25) is 0 Å². The molecule has 0 radical (unpaired) electrons. The Hall–Kier alpha value is -2.34. The number of benzene rings is 2. The summed E-state index contributed by atoms with van der Waals surface area (Å²) in [5, 5.41) is 5.73. The lowest BCUT2D eigenvalue weighted by molar-refractivity contribution is 0.238. The number of sulfone groups is 1. The third-order valence-corrected chi connectivity index (χ3v) is 5.46. The lowest BCUT2D eigenvalue weighted by Crippen LogP contribution is -2.38. The van der Waals surface area contributed by atoms with E-state index < -0.39 is 9.84 Å². The fourth-order valence-electron chi connectivity index (χ4n) is 2.77. The summed E-state index contributed by atoms with van der Waals surface area (Å²) < 4.78 is 23.0. The topological polar surface area (TPSA) is 75.3 Å². The van der Waals surface area contributed by atoms with Crippen molar-refractivity contribution in [2.45, 2.75) is 38.1 Å². The monoisotopic (exact) mass is 374 g/mol. The Morgan fingerprint density at radius 3 is 2.31 bits per heavy atom. The Kier molecular flexibility index (Phi) is 6.42. The normalized spacial score (nSPS) is 12.5. The van der Waals surface area contributed by atoms with Crippen LogP contribution in [0.3, 0.4) is 0 Å². The summed E-state index contributed by atoms with van der Waals surface area (Å²) in [5.74, 6) is 0. The molecule has 2 rings (SSSR count). The molecular weight excluding hydrogens is 348 g/mol. The van der Waals surface area contributed by atoms with Gasteiger partial charge in [0.2, 0.25) is 0 Å². The molecular formula is C20H26N2O3S. The summed E-state index contributed by atoms with van der Waals surface area (Å²) in [7, 11) is -3.21. The summed E-state index contributed by atoms with van der Waals surface area (Å²) in [5.41, 5.74) is 4.53. The molecule has 26 heavy (non-hydrogen) atoms. The van der Waals surface area contributed by atoms with Gasteiger partial charge >= 0.3 is 6.03 Å². The first-order chi connectivity index (χ1) is 12.2. The van der Waals surface area contributed by atoms with Crippen molar-refractivity contribution < 1.29 is 13.2 Å². The molecule has 140 valence electrons. The maximum Gasteiger partial charge on any atom is 0.315 e. The molecule has 2 amide bonds. The number of aryl methyl sites for hydroxylation is 2. The van der Waals surface area contributed by atoms with Gasteiger partial charge in [0.25, 0.3) is 0 Å². The zero-order chi connectivity index (χ0) is 19.3. The number of nitrogens with one attached hydrogen (secondary N) is 2. The van der Waals surface area contributed by atoms with Gasteiger partial charge in [0.05, 0.1) is 10.9 Å². The number of hydrogen-bond donors (Lipinski definition) is 2. The van der Waals surface area contributed by atoms with E-state index >= 15 is 0 Å². The molecule has 6 heteroatoms. The molecule has 0 aliphatic carbocycles. The first kappa shape index (κ1) is 20.0. The maximum atomic E-state index is 12.1. The fourth-order valence-corrected chi connectivity index (χ4v) is 3.40. The molecule has 0 saturated heterocycles. The van der Waals surface area contributed by atoms with E-state index in [9.17, 15) is 13.2 Å². The Morgan fingerprint density at radius 1 is 1.08 bits per heavy atom. The fraction of sp³-hybridized carbons (Fsp3) is 0.350. The molecule has 0 aliphatic rings. The van der Waals surface area contributed by atoms with E-state index in [-0.39, 0.29) is 17.0 Å². The summed E-state index contributed by atoms with van der Waals surface area (Å²) in [6.07, 6.45) is 1.95. The molecule has 0 spiro atoms. The summed E-state index contributed by atoms with van der Waals surface area (Å²) in [6.45, 7) is 6.55. The number of urea groups is 1. The van der Waals surface area contributed by atoms with Gasteiger partial charge in [-0.25, -0.2) is 13.2 Å². The van der Waals surface area contributed by atoms with Crippen LogP contribution in [0.25, 0.3) is 0 Å². The molecule has 0 bridgehead atoms. The molecule has 2 N–H and O–H groups in total. The minimum atomic E-state index is -3.21. The van der Waals surface area contributed by atoms with Crippen LogP contribution in [0.2, 0.25) is 0 Å². The summed E-state index contributed by atoms with van der Waals surface area (Å²) in [4.78, 5) is 12.3. The molecule has 2 aromatic rings. The number of hydrogen-bond acceptors (Lipinski definition) is 3. The van der Waals surface area contributed by atoms with Gasteiger partial charge in [0.1, 0.15) is 0 Å².